The number of aryl methyl sites for hydroxylation is 1. The molecular weight excluding hydrogens is 180 g/mol. The van der Waals surface area contributed by atoms with E-state index in [1.807, 2.05) is 13.8 Å². The third-order valence-corrected chi connectivity index (χ3v) is 2.19. The molecule has 0 saturated carbocycles. The molecule has 14 heavy (non-hydrogen) atoms. The highest BCUT2D eigenvalue weighted by Gasteiger charge is 2.17. The van der Waals surface area contributed by atoms with Crippen molar-refractivity contribution < 1.29 is 15.0 Å². The van der Waals surface area contributed by atoms with E-state index < -0.39 is 11.9 Å². The largest absolute Gasteiger partial charge is 0.508 e. The molecule has 0 heterocycles. The molecule has 0 radical (unpaired) electrons. The van der Waals surface area contributed by atoms with Crippen LogP contribution in [0, 0.1) is 6.92 Å². The molecule has 3 heteroatoms. The van der Waals surface area contributed by atoms with Crippen molar-refractivity contribution in [3.8, 4) is 5.75 Å². The summed E-state index contributed by atoms with van der Waals surface area (Å²) in [6.45, 7) is 3.65. The van der Waals surface area contributed by atoms with E-state index >= 15 is 0 Å². The summed E-state index contributed by atoms with van der Waals surface area (Å²) in [5, 5.41) is 18.3. The van der Waals surface area contributed by atoms with Crippen LogP contribution < -0.4 is 0 Å². The van der Waals surface area contributed by atoms with Gasteiger partial charge in [-0.1, -0.05) is 13.0 Å². The number of aliphatic carboxylic acids is 1. The first-order valence-corrected chi connectivity index (χ1v) is 4.58. The van der Waals surface area contributed by atoms with Gasteiger partial charge >= 0.3 is 5.97 Å². The average Bonchev–Trinajstić information content (AvgIpc) is 2.02. The fourth-order valence-electron chi connectivity index (χ4n) is 1.55. The molecule has 76 valence electrons. The van der Waals surface area contributed by atoms with Crippen molar-refractivity contribution >= 4 is 5.97 Å². The highest BCUT2D eigenvalue weighted by Crippen LogP contribution is 2.24. The van der Waals surface area contributed by atoms with Crippen molar-refractivity contribution in [1.29, 1.82) is 0 Å². The van der Waals surface area contributed by atoms with Crippen LogP contribution in [0.3, 0.4) is 0 Å². The molecule has 1 rings (SSSR count). The van der Waals surface area contributed by atoms with Gasteiger partial charge in [-0.3, -0.25) is 4.79 Å². The molecule has 0 amide bonds. The fraction of sp³-hybridized carbons (Fsp3) is 0.364. The number of phenols is 1. The highest BCUT2D eigenvalue weighted by molar-refractivity contribution is 5.76. The van der Waals surface area contributed by atoms with Crippen LogP contribution in [-0.4, -0.2) is 16.2 Å². The van der Waals surface area contributed by atoms with E-state index in [-0.39, 0.29) is 5.75 Å². The number of carboxylic acids is 1. The van der Waals surface area contributed by atoms with E-state index in [1.165, 1.54) is 6.07 Å². The molecule has 0 fully saturated rings. The number of carboxylic acid groups (broad SMARTS) is 1. The van der Waals surface area contributed by atoms with Crippen molar-refractivity contribution in [3.05, 3.63) is 29.3 Å². The Morgan fingerprint density at radius 3 is 2.50 bits per heavy atom. The SMILES string of the molecule is CCC(C(=O)O)c1cc(C)cc(O)c1. The summed E-state index contributed by atoms with van der Waals surface area (Å²) in [7, 11) is 0. The summed E-state index contributed by atoms with van der Waals surface area (Å²) in [5.41, 5.74) is 1.54. The van der Waals surface area contributed by atoms with Crippen molar-refractivity contribution in [2.45, 2.75) is 26.2 Å². The first kappa shape index (κ1) is 10.6. The van der Waals surface area contributed by atoms with Crippen LogP contribution in [0.2, 0.25) is 0 Å². The lowest BCUT2D eigenvalue weighted by Gasteiger charge is -2.11. The minimum absolute atomic E-state index is 0.125. The number of carbonyl (C=O) groups is 1. The van der Waals surface area contributed by atoms with E-state index in [0.717, 1.165) is 5.56 Å². The molecule has 0 bridgehead atoms. The van der Waals surface area contributed by atoms with Crippen LogP contribution in [-0.2, 0) is 4.79 Å². The van der Waals surface area contributed by atoms with E-state index in [2.05, 4.69) is 0 Å². The summed E-state index contributed by atoms with van der Waals surface area (Å²) in [6, 6.07) is 4.91. The molecule has 3 nitrogen and oxygen atoms in total. The lowest BCUT2D eigenvalue weighted by Crippen LogP contribution is -2.10. The lowest BCUT2D eigenvalue weighted by atomic mass is 9.95. The van der Waals surface area contributed by atoms with E-state index in [1.54, 1.807) is 12.1 Å². The predicted molar refractivity (Wildman–Crippen MR) is 53.5 cm³/mol. The predicted octanol–water partition coefficient (Wildman–Crippen LogP) is 2.28. The molecule has 1 unspecified atom stereocenters. The maximum absolute atomic E-state index is 10.9. The average molecular weight is 194 g/mol. The Morgan fingerprint density at radius 1 is 1.43 bits per heavy atom. The van der Waals surface area contributed by atoms with Crippen LogP contribution in [0.1, 0.15) is 30.4 Å². The standard InChI is InChI=1S/C11H14O3/c1-3-10(11(13)14)8-4-7(2)5-9(12)6-8/h4-6,10,12H,3H2,1-2H3,(H,13,14). The van der Waals surface area contributed by atoms with Crippen molar-refractivity contribution in [2.24, 2.45) is 0 Å². The molecule has 0 aromatic heterocycles. The molecule has 1 aromatic carbocycles. The van der Waals surface area contributed by atoms with Gasteiger partial charge in [0.2, 0.25) is 0 Å². The van der Waals surface area contributed by atoms with Crippen LogP contribution in [0.5, 0.6) is 5.75 Å². The number of rotatable bonds is 3. The zero-order valence-electron chi connectivity index (χ0n) is 8.32. The zero-order valence-corrected chi connectivity index (χ0v) is 8.32. The first-order valence-electron chi connectivity index (χ1n) is 4.58. The smallest absolute Gasteiger partial charge is 0.310 e. The number of phenolic OH excluding ortho intramolecular Hbond substituents is 1. The second-order valence-electron chi connectivity index (χ2n) is 3.40. The van der Waals surface area contributed by atoms with Gasteiger partial charge in [-0.05, 0) is 36.6 Å². The van der Waals surface area contributed by atoms with Gasteiger partial charge in [0.1, 0.15) is 5.75 Å². The summed E-state index contributed by atoms with van der Waals surface area (Å²) >= 11 is 0. The Labute approximate surface area is 83.0 Å². The van der Waals surface area contributed by atoms with Gasteiger partial charge in [-0.2, -0.15) is 0 Å². The summed E-state index contributed by atoms with van der Waals surface area (Å²) in [6.07, 6.45) is 0.526. The fourth-order valence-corrected chi connectivity index (χ4v) is 1.55. The van der Waals surface area contributed by atoms with Gasteiger partial charge in [0.05, 0.1) is 5.92 Å². The summed E-state index contributed by atoms with van der Waals surface area (Å²) in [5.74, 6) is -1.25. The van der Waals surface area contributed by atoms with E-state index in [4.69, 9.17) is 5.11 Å². The van der Waals surface area contributed by atoms with Crippen LogP contribution in [0.25, 0.3) is 0 Å². The number of hydrogen-bond acceptors (Lipinski definition) is 2. The van der Waals surface area contributed by atoms with Gasteiger partial charge < -0.3 is 10.2 Å². The maximum atomic E-state index is 10.9. The third-order valence-electron chi connectivity index (χ3n) is 2.19. The van der Waals surface area contributed by atoms with Crippen molar-refractivity contribution in [2.75, 3.05) is 0 Å². The Morgan fingerprint density at radius 2 is 2.07 bits per heavy atom. The second-order valence-corrected chi connectivity index (χ2v) is 3.40. The van der Waals surface area contributed by atoms with E-state index in [9.17, 15) is 9.90 Å². The number of hydrogen-bond donors (Lipinski definition) is 2. The zero-order chi connectivity index (χ0) is 10.7. The molecule has 0 aliphatic rings. The van der Waals surface area contributed by atoms with Gasteiger partial charge in [-0.15, -0.1) is 0 Å². The van der Waals surface area contributed by atoms with Gasteiger partial charge in [0.25, 0.3) is 0 Å². The maximum Gasteiger partial charge on any atom is 0.310 e. The van der Waals surface area contributed by atoms with Gasteiger partial charge in [-0.25, -0.2) is 0 Å². The molecule has 0 aliphatic carbocycles. The first-order chi connectivity index (χ1) is 6.54. The monoisotopic (exact) mass is 194 g/mol. The molecule has 1 atom stereocenters. The minimum Gasteiger partial charge on any atom is -0.508 e. The molecular formula is C11H14O3. The van der Waals surface area contributed by atoms with Crippen LogP contribution in [0.4, 0.5) is 0 Å². The molecule has 2 N–H and O–H groups in total. The Kier molecular flexibility index (Phi) is 3.12. The quantitative estimate of drug-likeness (QED) is 0.776. The number of aromatic hydroxyl groups is 1. The summed E-state index contributed by atoms with van der Waals surface area (Å²) < 4.78 is 0. The van der Waals surface area contributed by atoms with Gasteiger partial charge in [0, 0.05) is 0 Å². The lowest BCUT2D eigenvalue weighted by molar-refractivity contribution is -0.138. The highest BCUT2D eigenvalue weighted by atomic mass is 16.4. The summed E-state index contributed by atoms with van der Waals surface area (Å²) in [4.78, 5) is 10.9. The molecule has 0 saturated heterocycles. The minimum atomic E-state index is -0.850. The Hall–Kier alpha value is -1.51. The molecule has 0 spiro atoms. The Balaban J connectivity index is 3.10. The Bertz CT molecular complexity index is 324. The number of benzene rings is 1. The third kappa shape index (κ3) is 2.25. The van der Waals surface area contributed by atoms with E-state index in [0.29, 0.717) is 12.0 Å². The molecule has 1 aromatic rings. The van der Waals surface area contributed by atoms with Crippen molar-refractivity contribution in [1.82, 2.24) is 0 Å². The topological polar surface area (TPSA) is 57.5 Å². The van der Waals surface area contributed by atoms with Crippen molar-refractivity contribution in [3.63, 3.8) is 0 Å². The molecule has 0 aliphatic heterocycles. The van der Waals surface area contributed by atoms with Gasteiger partial charge in [0.15, 0.2) is 0 Å². The second kappa shape index (κ2) is 4.13. The van der Waals surface area contributed by atoms with Crippen LogP contribution >= 0.6 is 0 Å². The normalized spacial score (nSPS) is 12.4. The van der Waals surface area contributed by atoms with Crippen LogP contribution in [0.15, 0.2) is 18.2 Å².